The lowest BCUT2D eigenvalue weighted by Gasteiger charge is -2.23. The number of benzene rings is 2. The van der Waals surface area contributed by atoms with Crippen molar-refractivity contribution in [1.82, 2.24) is 0 Å². The molecule has 1 aromatic heterocycles. The van der Waals surface area contributed by atoms with E-state index in [0.29, 0.717) is 48.1 Å². The van der Waals surface area contributed by atoms with Crippen LogP contribution in [0.3, 0.4) is 0 Å². The molecule has 1 N–H and O–H groups in total. The molecule has 0 fully saturated rings. The molecule has 0 aliphatic carbocycles. The zero-order chi connectivity index (χ0) is 20.7. The van der Waals surface area contributed by atoms with Crippen molar-refractivity contribution < 1.29 is 24.2 Å². The monoisotopic (exact) mass is 421 g/mol. The molecule has 7 heteroatoms. The average Bonchev–Trinajstić information content (AvgIpc) is 3.36. The van der Waals surface area contributed by atoms with Crippen LogP contribution in [-0.4, -0.2) is 30.0 Å². The van der Waals surface area contributed by atoms with E-state index < -0.39 is 11.5 Å². The predicted molar refractivity (Wildman–Crippen MR) is 112 cm³/mol. The van der Waals surface area contributed by atoms with Crippen LogP contribution in [0.25, 0.3) is 0 Å². The smallest absolute Gasteiger partial charge is 0.264 e. The normalized spacial score (nSPS) is 19.6. The second-order valence-electron chi connectivity index (χ2n) is 7.31. The molecule has 0 saturated carbocycles. The Labute approximate surface area is 177 Å². The lowest BCUT2D eigenvalue weighted by molar-refractivity contribution is -0.136. The number of para-hydroxylation sites is 1. The van der Waals surface area contributed by atoms with Gasteiger partial charge in [-0.05, 0) is 35.7 Å². The van der Waals surface area contributed by atoms with Crippen molar-refractivity contribution in [1.29, 1.82) is 0 Å². The first-order chi connectivity index (χ1) is 14.6. The predicted octanol–water partition coefficient (Wildman–Crippen LogP) is 3.53. The molecule has 1 amide bonds. The van der Waals surface area contributed by atoms with E-state index in [1.54, 1.807) is 52.6 Å². The third kappa shape index (κ3) is 3.07. The van der Waals surface area contributed by atoms with Gasteiger partial charge in [-0.2, -0.15) is 0 Å². The van der Waals surface area contributed by atoms with Gasteiger partial charge in [-0.3, -0.25) is 9.59 Å². The second-order valence-corrected chi connectivity index (χ2v) is 8.34. The number of carbonyl (C=O) groups is 2. The van der Waals surface area contributed by atoms with Crippen molar-refractivity contribution in [3.8, 4) is 11.5 Å². The molecule has 2 aromatic carbocycles. The van der Waals surface area contributed by atoms with Crippen LogP contribution >= 0.6 is 11.3 Å². The quantitative estimate of drug-likeness (QED) is 0.638. The first-order valence-electron chi connectivity index (χ1n) is 9.65. The van der Waals surface area contributed by atoms with Crippen LogP contribution in [-0.2, 0) is 16.9 Å². The van der Waals surface area contributed by atoms with E-state index >= 15 is 0 Å². The first-order valence-corrected chi connectivity index (χ1v) is 10.5. The maximum Gasteiger partial charge on any atom is 0.264 e. The van der Waals surface area contributed by atoms with Gasteiger partial charge < -0.3 is 19.5 Å². The van der Waals surface area contributed by atoms with Gasteiger partial charge in [0.05, 0.1) is 18.7 Å². The molecule has 0 saturated heterocycles. The van der Waals surface area contributed by atoms with Crippen LogP contribution < -0.4 is 14.4 Å². The third-order valence-electron chi connectivity index (χ3n) is 5.41. The molecule has 0 bridgehead atoms. The molecule has 0 spiro atoms. The van der Waals surface area contributed by atoms with E-state index in [9.17, 15) is 14.7 Å². The maximum atomic E-state index is 13.3. The lowest BCUT2D eigenvalue weighted by atomic mass is 9.88. The van der Waals surface area contributed by atoms with E-state index in [4.69, 9.17) is 9.47 Å². The van der Waals surface area contributed by atoms with Crippen LogP contribution in [0.2, 0.25) is 0 Å². The van der Waals surface area contributed by atoms with Gasteiger partial charge >= 0.3 is 0 Å². The Morgan fingerprint density at radius 3 is 2.67 bits per heavy atom. The Kier molecular flexibility index (Phi) is 4.56. The third-order valence-corrected chi connectivity index (χ3v) is 6.28. The fourth-order valence-electron chi connectivity index (χ4n) is 3.94. The first kappa shape index (κ1) is 18.8. The second kappa shape index (κ2) is 7.27. The van der Waals surface area contributed by atoms with Crippen molar-refractivity contribution in [2.45, 2.75) is 18.6 Å². The van der Waals surface area contributed by atoms with Gasteiger partial charge in [0.25, 0.3) is 5.91 Å². The van der Waals surface area contributed by atoms with Gasteiger partial charge in [-0.25, -0.2) is 0 Å². The summed E-state index contributed by atoms with van der Waals surface area (Å²) < 4.78 is 11.0. The Morgan fingerprint density at radius 2 is 1.87 bits per heavy atom. The molecular formula is C23H19NO5S. The molecule has 3 heterocycles. The van der Waals surface area contributed by atoms with Gasteiger partial charge in [0, 0.05) is 16.0 Å². The summed E-state index contributed by atoms with van der Waals surface area (Å²) >= 11 is 1.54. The summed E-state index contributed by atoms with van der Waals surface area (Å²) in [6.45, 7) is 1.23. The number of amides is 1. The molecule has 0 unspecified atom stereocenters. The highest BCUT2D eigenvalue weighted by atomic mass is 32.1. The van der Waals surface area contributed by atoms with Crippen molar-refractivity contribution in [3.05, 3.63) is 76.0 Å². The van der Waals surface area contributed by atoms with Crippen molar-refractivity contribution in [3.63, 3.8) is 0 Å². The van der Waals surface area contributed by atoms with Crippen molar-refractivity contribution in [2.75, 3.05) is 18.1 Å². The van der Waals surface area contributed by atoms with E-state index in [0.717, 1.165) is 4.88 Å². The van der Waals surface area contributed by atoms with Gasteiger partial charge in [0.15, 0.2) is 22.9 Å². The summed E-state index contributed by atoms with van der Waals surface area (Å²) in [5, 5.41) is 13.4. The number of nitrogens with zero attached hydrogens (tertiary/aromatic N) is 1. The van der Waals surface area contributed by atoms with Crippen molar-refractivity contribution >= 4 is 28.7 Å². The minimum Gasteiger partial charge on any atom is -0.486 e. The van der Waals surface area contributed by atoms with E-state index in [-0.39, 0.29) is 12.2 Å². The molecule has 2 aliphatic heterocycles. The average molecular weight is 421 g/mol. The van der Waals surface area contributed by atoms with E-state index in [1.807, 2.05) is 23.6 Å². The Morgan fingerprint density at radius 1 is 1.07 bits per heavy atom. The number of ketones is 1. The van der Waals surface area contributed by atoms with E-state index in [2.05, 4.69) is 0 Å². The number of aliphatic hydroxyl groups is 1. The van der Waals surface area contributed by atoms with Crippen LogP contribution in [0.1, 0.15) is 27.2 Å². The number of thiophene rings is 1. The summed E-state index contributed by atoms with van der Waals surface area (Å²) in [5.41, 5.74) is -0.446. The summed E-state index contributed by atoms with van der Waals surface area (Å²) in [5.74, 6) is 0.260. The Hall–Kier alpha value is -3.16. The summed E-state index contributed by atoms with van der Waals surface area (Å²) in [6, 6.07) is 15.9. The van der Waals surface area contributed by atoms with E-state index in [1.165, 1.54) is 0 Å². The molecule has 5 rings (SSSR count). The summed E-state index contributed by atoms with van der Waals surface area (Å²) in [6.07, 6.45) is -0.344. The standard InChI is InChI=1S/C23H19NO5S/c25-19(15-7-8-20-21(12-15)29-10-9-28-20)13-23(27)17-5-1-2-6-18(17)24(22(23)26)14-16-4-3-11-30-16/h1-8,11-12,27H,9-10,13-14H2/t23-/m0/s1. The summed E-state index contributed by atoms with van der Waals surface area (Å²) in [4.78, 5) is 28.9. The van der Waals surface area contributed by atoms with Gasteiger partial charge in [0.2, 0.25) is 0 Å². The number of fused-ring (bicyclic) bond motifs is 2. The lowest BCUT2D eigenvalue weighted by Crippen LogP contribution is -2.41. The number of anilines is 1. The fraction of sp³-hybridized carbons (Fsp3) is 0.217. The SMILES string of the molecule is O=C(C[C@@]1(O)C(=O)N(Cc2cccs2)c2ccccc21)c1ccc2c(c1)OCCO2. The number of hydrogen-bond acceptors (Lipinski definition) is 6. The largest absolute Gasteiger partial charge is 0.486 e. The molecule has 1 atom stereocenters. The molecule has 0 radical (unpaired) electrons. The Balaban J connectivity index is 1.46. The zero-order valence-electron chi connectivity index (χ0n) is 16.0. The number of Topliss-reactive ketones (excluding diaryl/α,β-unsaturated/α-hetero) is 1. The minimum atomic E-state index is -1.90. The van der Waals surface area contributed by atoms with Crippen LogP contribution in [0.5, 0.6) is 11.5 Å². The van der Waals surface area contributed by atoms with Crippen LogP contribution in [0, 0.1) is 0 Å². The minimum absolute atomic E-state index is 0.337. The molecule has 2 aliphatic rings. The Bertz CT molecular complexity index is 1130. The molecule has 30 heavy (non-hydrogen) atoms. The van der Waals surface area contributed by atoms with Gasteiger partial charge in [-0.1, -0.05) is 24.3 Å². The highest BCUT2D eigenvalue weighted by Gasteiger charge is 2.50. The molecular weight excluding hydrogens is 402 g/mol. The topological polar surface area (TPSA) is 76.1 Å². The molecule has 6 nitrogen and oxygen atoms in total. The van der Waals surface area contributed by atoms with Crippen LogP contribution in [0.15, 0.2) is 60.0 Å². The van der Waals surface area contributed by atoms with Gasteiger partial charge in [0.1, 0.15) is 13.2 Å². The number of rotatable bonds is 5. The highest BCUT2D eigenvalue weighted by molar-refractivity contribution is 7.09. The number of ether oxygens (including phenoxy) is 2. The maximum absolute atomic E-state index is 13.3. The summed E-state index contributed by atoms with van der Waals surface area (Å²) in [7, 11) is 0. The zero-order valence-corrected chi connectivity index (χ0v) is 16.9. The molecule has 3 aromatic rings. The van der Waals surface area contributed by atoms with Crippen LogP contribution in [0.4, 0.5) is 5.69 Å². The van der Waals surface area contributed by atoms with Gasteiger partial charge in [-0.15, -0.1) is 11.3 Å². The van der Waals surface area contributed by atoms with Crippen molar-refractivity contribution in [2.24, 2.45) is 0 Å². The highest BCUT2D eigenvalue weighted by Crippen LogP contribution is 2.44. The fourth-order valence-corrected chi connectivity index (χ4v) is 4.64. The molecule has 152 valence electrons. The number of carbonyl (C=O) groups excluding carboxylic acids is 2. The number of hydrogen-bond donors (Lipinski definition) is 1.